The minimum atomic E-state index is -1.01. The Kier molecular flexibility index (Phi) is 4.59. The van der Waals surface area contributed by atoms with E-state index in [4.69, 9.17) is 9.47 Å². The van der Waals surface area contributed by atoms with Crippen molar-refractivity contribution >= 4 is 11.7 Å². The van der Waals surface area contributed by atoms with Crippen molar-refractivity contribution in [1.82, 2.24) is 0 Å². The Morgan fingerprint density at radius 2 is 1.59 bits per heavy atom. The van der Waals surface area contributed by atoms with Gasteiger partial charge in [0.05, 0.1) is 5.56 Å². The molecule has 2 heterocycles. The summed E-state index contributed by atoms with van der Waals surface area (Å²) in [7, 11) is 0. The van der Waals surface area contributed by atoms with E-state index in [1.54, 1.807) is 0 Å². The summed E-state index contributed by atoms with van der Waals surface area (Å²) in [6.07, 6.45) is 0. The number of esters is 1. The van der Waals surface area contributed by atoms with Gasteiger partial charge in [0.1, 0.15) is 11.5 Å². The van der Waals surface area contributed by atoms with Crippen molar-refractivity contribution in [2.24, 2.45) is 0 Å². The minimum absolute atomic E-state index is 0.0504. The highest BCUT2D eigenvalue weighted by Crippen LogP contribution is 2.57. The Hall–Kier alpha value is -3.27. The first kappa shape index (κ1) is 20.6. The molecule has 32 heavy (non-hydrogen) atoms. The molecular weight excluding hydrogens is 398 g/mol. The lowest BCUT2D eigenvalue weighted by Gasteiger charge is -2.38. The number of benzene rings is 3. The zero-order valence-electron chi connectivity index (χ0n) is 19.4. The molecule has 2 aliphatic heterocycles. The van der Waals surface area contributed by atoms with E-state index < -0.39 is 5.60 Å². The molecule has 0 saturated carbocycles. The van der Waals surface area contributed by atoms with Crippen molar-refractivity contribution in [2.45, 2.75) is 45.6 Å². The molecule has 0 saturated heterocycles. The largest absolute Gasteiger partial charge is 0.456 e. The molecule has 1 spiro atoms. The molecule has 0 radical (unpaired) electrons. The number of rotatable bonds is 3. The molecular formula is C28H29NO3. The van der Waals surface area contributed by atoms with Gasteiger partial charge in [0.2, 0.25) is 0 Å². The summed E-state index contributed by atoms with van der Waals surface area (Å²) in [5.41, 5.74) is 4.43. The predicted molar refractivity (Wildman–Crippen MR) is 127 cm³/mol. The monoisotopic (exact) mass is 427 g/mol. The van der Waals surface area contributed by atoms with Gasteiger partial charge < -0.3 is 14.4 Å². The third-order valence-corrected chi connectivity index (χ3v) is 6.69. The molecule has 164 valence electrons. The maximum Gasteiger partial charge on any atom is 0.340 e. The van der Waals surface area contributed by atoms with Crippen LogP contribution in [0, 0.1) is 0 Å². The fraction of sp³-hybridized carbons (Fsp3) is 0.321. The molecule has 3 aromatic carbocycles. The fourth-order valence-corrected chi connectivity index (χ4v) is 4.91. The number of carbonyl (C=O) groups is 1. The van der Waals surface area contributed by atoms with Crippen molar-refractivity contribution in [2.75, 3.05) is 18.0 Å². The van der Waals surface area contributed by atoms with Gasteiger partial charge in [-0.05, 0) is 55.2 Å². The minimum Gasteiger partial charge on any atom is -0.456 e. The molecule has 1 atom stereocenters. The number of nitrogens with zero attached hydrogens (tertiary/aromatic N) is 1. The summed E-state index contributed by atoms with van der Waals surface area (Å²) >= 11 is 0. The van der Waals surface area contributed by atoms with Crippen LogP contribution in [0.4, 0.5) is 5.69 Å². The Bertz CT molecular complexity index is 1220. The van der Waals surface area contributed by atoms with Gasteiger partial charge in [-0.25, -0.2) is 4.79 Å². The van der Waals surface area contributed by atoms with Gasteiger partial charge in [0.25, 0.3) is 0 Å². The Labute approximate surface area is 189 Å². The average Bonchev–Trinajstić information content (AvgIpc) is 3.07. The summed E-state index contributed by atoms with van der Waals surface area (Å²) in [5, 5.41) is 0. The van der Waals surface area contributed by atoms with Crippen LogP contribution in [-0.4, -0.2) is 19.1 Å². The summed E-state index contributed by atoms with van der Waals surface area (Å²) in [4.78, 5) is 15.3. The Morgan fingerprint density at radius 3 is 2.31 bits per heavy atom. The van der Waals surface area contributed by atoms with E-state index in [9.17, 15) is 4.79 Å². The highest BCUT2D eigenvalue weighted by molar-refractivity contribution is 5.97. The first-order valence-electron chi connectivity index (χ1n) is 11.3. The van der Waals surface area contributed by atoms with Crippen molar-refractivity contribution in [3.05, 3.63) is 88.5 Å². The number of fused-ring (bicyclic) bond motifs is 6. The van der Waals surface area contributed by atoms with Crippen LogP contribution < -0.4 is 9.64 Å². The highest BCUT2D eigenvalue weighted by Gasteiger charge is 2.53. The molecule has 0 N–H and O–H groups in total. The number of hydrogen-bond donors (Lipinski definition) is 0. The van der Waals surface area contributed by atoms with E-state index in [0.717, 1.165) is 47.0 Å². The summed E-state index contributed by atoms with van der Waals surface area (Å²) in [6.45, 7) is 12.7. The zero-order valence-corrected chi connectivity index (χ0v) is 19.4. The summed E-state index contributed by atoms with van der Waals surface area (Å²) < 4.78 is 12.7. The highest BCUT2D eigenvalue weighted by atomic mass is 16.6. The van der Waals surface area contributed by atoms with Crippen LogP contribution in [0.3, 0.4) is 0 Å². The van der Waals surface area contributed by atoms with Crippen LogP contribution in [0.1, 0.15) is 67.2 Å². The smallest absolute Gasteiger partial charge is 0.340 e. The molecule has 2 aliphatic rings. The summed E-state index contributed by atoms with van der Waals surface area (Å²) in [6, 6.07) is 20.2. The van der Waals surface area contributed by atoms with E-state index >= 15 is 0 Å². The van der Waals surface area contributed by atoms with Crippen molar-refractivity contribution in [1.29, 1.82) is 0 Å². The average molecular weight is 428 g/mol. The van der Waals surface area contributed by atoms with Gasteiger partial charge in [-0.2, -0.15) is 0 Å². The number of anilines is 1. The SMILES string of the molecule is CCN(CC)c1ccc2c(c1)Oc1ccc(C(C)(C)C)cc1[C@@]21OC(=O)c2ccccc21. The van der Waals surface area contributed by atoms with Gasteiger partial charge >= 0.3 is 5.97 Å². The Morgan fingerprint density at radius 1 is 0.844 bits per heavy atom. The van der Waals surface area contributed by atoms with Gasteiger partial charge in [-0.1, -0.05) is 45.0 Å². The lowest BCUT2D eigenvalue weighted by atomic mass is 9.75. The normalized spacial score (nSPS) is 18.5. The van der Waals surface area contributed by atoms with Crippen molar-refractivity contribution in [3.8, 4) is 11.5 Å². The third kappa shape index (κ3) is 2.85. The molecule has 5 rings (SSSR count). The Balaban J connectivity index is 1.81. The van der Waals surface area contributed by atoms with Gasteiger partial charge in [-0.15, -0.1) is 0 Å². The predicted octanol–water partition coefficient (Wildman–Crippen LogP) is 6.40. The first-order chi connectivity index (χ1) is 15.3. The third-order valence-electron chi connectivity index (χ3n) is 6.69. The van der Waals surface area contributed by atoms with Crippen LogP contribution in [0.5, 0.6) is 11.5 Å². The van der Waals surface area contributed by atoms with Crippen LogP contribution in [0.25, 0.3) is 0 Å². The molecule has 4 nitrogen and oxygen atoms in total. The number of ether oxygens (including phenoxy) is 2. The van der Waals surface area contributed by atoms with Gasteiger partial charge in [0.15, 0.2) is 5.60 Å². The first-order valence-corrected chi connectivity index (χ1v) is 11.3. The van der Waals surface area contributed by atoms with E-state index in [2.05, 4.69) is 69.9 Å². The fourth-order valence-electron chi connectivity index (χ4n) is 4.91. The second-order valence-electron chi connectivity index (χ2n) is 9.53. The molecule has 0 amide bonds. The van der Waals surface area contributed by atoms with Gasteiger partial charge in [0, 0.05) is 41.5 Å². The van der Waals surface area contributed by atoms with Gasteiger partial charge in [-0.3, -0.25) is 0 Å². The standard InChI is InChI=1S/C28H29NO3/c1-6-29(7-2)19-13-14-22-25(17-19)31-24-15-12-18(27(3,4)5)16-23(24)28(22)21-11-9-8-10-20(21)26(30)32-28/h8-17H,6-7H2,1-5H3/t28-/m0/s1. The van der Waals surface area contributed by atoms with Crippen LogP contribution in [0.15, 0.2) is 60.7 Å². The lowest BCUT2D eigenvalue weighted by molar-refractivity contribution is 0.0224. The molecule has 0 aromatic heterocycles. The maximum atomic E-state index is 13.0. The zero-order chi connectivity index (χ0) is 22.7. The molecule has 0 aliphatic carbocycles. The topological polar surface area (TPSA) is 38.8 Å². The van der Waals surface area contributed by atoms with Crippen LogP contribution >= 0.6 is 0 Å². The van der Waals surface area contributed by atoms with Crippen molar-refractivity contribution < 1.29 is 14.3 Å². The number of carbonyl (C=O) groups excluding carboxylic acids is 1. The van der Waals surface area contributed by atoms with E-state index in [-0.39, 0.29) is 11.4 Å². The molecule has 3 aromatic rings. The van der Waals surface area contributed by atoms with Crippen LogP contribution in [-0.2, 0) is 15.8 Å². The molecule has 0 unspecified atom stereocenters. The second kappa shape index (κ2) is 7.13. The quantitative estimate of drug-likeness (QED) is 0.454. The van der Waals surface area contributed by atoms with Crippen molar-refractivity contribution in [3.63, 3.8) is 0 Å². The second-order valence-corrected chi connectivity index (χ2v) is 9.53. The van der Waals surface area contributed by atoms with E-state index in [0.29, 0.717) is 5.56 Å². The molecule has 4 heteroatoms. The summed E-state index contributed by atoms with van der Waals surface area (Å²) in [5.74, 6) is 1.16. The molecule has 0 bridgehead atoms. The maximum absolute atomic E-state index is 13.0. The lowest BCUT2D eigenvalue weighted by Crippen LogP contribution is -2.34. The van der Waals surface area contributed by atoms with Crippen LogP contribution in [0.2, 0.25) is 0 Å². The number of hydrogen-bond acceptors (Lipinski definition) is 4. The van der Waals surface area contributed by atoms with E-state index in [1.165, 1.54) is 5.56 Å². The van der Waals surface area contributed by atoms with E-state index in [1.807, 2.05) is 30.3 Å². The molecule has 0 fully saturated rings.